The van der Waals surface area contributed by atoms with E-state index in [1.165, 1.54) is 40.0 Å². The van der Waals surface area contributed by atoms with Gasteiger partial charge in [0.15, 0.2) is 11.6 Å². The largest absolute Gasteiger partial charge is 0.478 e. The van der Waals surface area contributed by atoms with Crippen molar-refractivity contribution in [3.8, 4) is 11.6 Å². The first-order chi connectivity index (χ1) is 23.2. The lowest BCUT2D eigenvalue weighted by Crippen LogP contribution is -2.22. The van der Waals surface area contributed by atoms with E-state index in [0.717, 1.165) is 11.1 Å². The molecule has 0 spiro atoms. The molecule has 4 aromatic heterocycles. The molecule has 244 valence electrons. The summed E-state index contributed by atoms with van der Waals surface area (Å²) >= 11 is 0. The van der Waals surface area contributed by atoms with Crippen LogP contribution in [0.3, 0.4) is 0 Å². The number of aryl methyl sites for hydroxylation is 4. The molecule has 0 unspecified atom stereocenters. The average molecular weight is 650 g/mol. The van der Waals surface area contributed by atoms with E-state index in [9.17, 15) is 23.5 Å². The van der Waals surface area contributed by atoms with Crippen LogP contribution in [0, 0.1) is 11.6 Å². The molecule has 0 bridgehead atoms. The molecule has 6 aromatic rings. The van der Waals surface area contributed by atoms with Crippen LogP contribution in [0.15, 0.2) is 110 Å². The molecule has 10 nitrogen and oxygen atoms in total. The van der Waals surface area contributed by atoms with Crippen LogP contribution < -0.4 is 0 Å². The monoisotopic (exact) mass is 649 g/mol. The minimum absolute atomic E-state index is 0.101. The minimum atomic E-state index is -1.03. The number of carboxylic acids is 1. The molecule has 2 aromatic carbocycles. The van der Waals surface area contributed by atoms with E-state index in [4.69, 9.17) is 0 Å². The fourth-order valence-electron chi connectivity index (χ4n) is 4.83. The lowest BCUT2D eigenvalue weighted by Gasteiger charge is -2.09. The Morgan fingerprint density at radius 2 is 1.08 bits per heavy atom. The van der Waals surface area contributed by atoms with Crippen LogP contribution >= 0.6 is 0 Å². The zero-order valence-corrected chi connectivity index (χ0v) is 26.4. The van der Waals surface area contributed by atoms with Crippen LogP contribution in [0.4, 0.5) is 8.78 Å². The van der Waals surface area contributed by atoms with Gasteiger partial charge in [0.1, 0.15) is 17.2 Å². The van der Waals surface area contributed by atoms with Crippen molar-refractivity contribution in [1.82, 2.24) is 34.4 Å². The normalized spacial score (nSPS) is 10.7. The molecule has 0 aliphatic heterocycles. The van der Waals surface area contributed by atoms with Gasteiger partial charge in [0.25, 0.3) is 5.91 Å². The molecule has 0 radical (unpaired) electrons. The van der Waals surface area contributed by atoms with E-state index in [2.05, 4.69) is 20.2 Å². The maximum atomic E-state index is 13.0. The molecule has 0 aliphatic rings. The molecule has 0 aliphatic carbocycles. The first-order valence-electron chi connectivity index (χ1n) is 15.1. The summed E-state index contributed by atoms with van der Waals surface area (Å²) in [6, 6.07) is 23.4. The van der Waals surface area contributed by atoms with Gasteiger partial charge in [-0.15, -0.1) is 0 Å². The standard InChI is InChI=1S/C19H19FN4O.C17H14FN3O2/c1-23(2)19(25)16-13-24(18-5-3-4-12-21-18)22-17(16)11-8-14-6-9-15(20)10-7-14;18-13-7-4-12(5-8-13)6-9-15-14(17(22)23)11-21(20-15)16-3-1-2-10-19-16/h3-7,9-10,12-13H,8,11H2,1-2H3;1-5,7-8,10-11H,6,9H2,(H,22,23). The minimum Gasteiger partial charge on any atom is -0.478 e. The number of hydrogen-bond donors (Lipinski definition) is 1. The number of pyridine rings is 2. The van der Waals surface area contributed by atoms with Crippen molar-refractivity contribution >= 4 is 11.9 Å². The Bertz CT molecular complexity index is 1960. The lowest BCUT2D eigenvalue weighted by molar-refractivity contribution is 0.0695. The summed E-state index contributed by atoms with van der Waals surface area (Å²) in [5.41, 5.74) is 3.81. The summed E-state index contributed by atoms with van der Waals surface area (Å²) in [4.78, 5) is 33.8. The summed E-state index contributed by atoms with van der Waals surface area (Å²) in [7, 11) is 3.42. The molecular formula is C36H33F2N7O3. The van der Waals surface area contributed by atoms with E-state index in [1.807, 2.05) is 24.3 Å². The van der Waals surface area contributed by atoms with Crippen LogP contribution in [-0.2, 0) is 25.7 Å². The van der Waals surface area contributed by atoms with Crippen molar-refractivity contribution in [3.05, 3.63) is 155 Å². The number of carboxylic acid groups (broad SMARTS) is 1. The third kappa shape index (κ3) is 8.60. The third-order valence-corrected chi connectivity index (χ3v) is 7.34. The van der Waals surface area contributed by atoms with Gasteiger partial charge in [-0.3, -0.25) is 4.79 Å². The molecule has 1 N–H and O–H groups in total. The van der Waals surface area contributed by atoms with Crippen molar-refractivity contribution in [3.63, 3.8) is 0 Å². The zero-order chi connectivity index (χ0) is 34.0. The Balaban J connectivity index is 0.000000188. The maximum Gasteiger partial charge on any atom is 0.339 e. The second kappa shape index (κ2) is 15.5. The number of rotatable bonds is 10. The van der Waals surface area contributed by atoms with E-state index in [1.54, 1.807) is 73.8 Å². The maximum absolute atomic E-state index is 13.0. The summed E-state index contributed by atoms with van der Waals surface area (Å²) in [6.07, 6.45) is 8.77. The molecule has 6 rings (SSSR count). The fraction of sp³-hybridized carbons (Fsp3) is 0.167. The first kappa shape index (κ1) is 33.3. The van der Waals surface area contributed by atoms with Gasteiger partial charge in [0.2, 0.25) is 0 Å². The Kier molecular flexibility index (Phi) is 10.8. The van der Waals surface area contributed by atoms with E-state index in [-0.39, 0.29) is 23.1 Å². The number of nitrogens with zero attached hydrogens (tertiary/aromatic N) is 7. The summed E-state index contributed by atoms with van der Waals surface area (Å²) in [5, 5.41) is 18.2. The number of amides is 1. The van der Waals surface area contributed by atoms with Gasteiger partial charge in [-0.2, -0.15) is 10.2 Å². The highest BCUT2D eigenvalue weighted by Gasteiger charge is 2.19. The molecule has 1 amide bonds. The predicted octanol–water partition coefficient (Wildman–Crippen LogP) is 5.78. The topological polar surface area (TPSA) is 119 Å². The van der Waals surface area contributed by atoms with Crippen LogP contribution in [0.1, 0.15) is 43.2 Å². The highest BCUT2D eigenvalue weighted by molar-refractivity contribution is 5.95. The molecular weight excluding hydrogens is 616 g/mol. The third-order valence-electron chi connectivity index (χ3n) is 7.34. The number of carbonyl (C=O) groups is 2. The SMILES string of the molecule is CN(C)C(=O)c1cn(-c2ccccn2)nc1CCc1ccc(F)cc1.O=C(O)c1cn(-c2ccccn2)nc1CCc1ccc(F)cc1. The number of carbonyl (C=O) groups excluding carboxylic acids is 1. The zero-order valence-electron chi connectivity index (χ0n) is 26.4. The second-order valence-corrected chi connectivity index (χ2v) is 11.0. The molecule has 0 atom stereocenters. The van der Waals surface area contributed by atoms with Gasteiger partial charge in [-0.25, -0.2) is 32.9 Å². The van der Waals surface area contributed by atoms with E-state index < -0.39 is 5.97 Å². The molecule has 48 heavy (non-hydrogen) atoms. The highest BCUT2D eigenvalue weighted by atomic mass is 19.1. The Hall–Kier alpha value is -6.04. The van der Waals surface area contributed by atoms with Gasteiger partial charge in [-0.05, 0) is 85.3 Å². The van der Waals surface area contributed by atoms with Crippen molar-refractivity contribution in [2.75, 3.05) is 14.1 Å². The number of benzene rings is 2. The predicted molar refractivity (Wildman–Crippen MR) is 175 cm³/mol. The summed E-state index contributed by atoms with van der Waals surface area (Å²) in [6.45, 7) is 0. The van der Waals surface area contributed by atoms with Crippen molar-refractivity contribution in [2.24, 2.45) is 0 Å². The molecule has 0 saturated carbocycles. The van der Waals surface area contributed by atoms with Gasteiger partial charge < -0.3 is 10.0 Å². The fourth-order valence-corrected chi connectivity index (χ4v) is 4.83. The van der Waals surface area contributed by atoms with Crippen LogP contribution in [-0.4, -0.2) is 65.5 Å². The van der Waals surface area contributed by atoms with Gasteiger partial charge in [0.05, 0.1) is 17.0 Å². The number of hydrogen-bond acceptors (Lipinski definition) is 6. The van der Waals surface area contributed by atoms with Crippen molar-refractivity contribution < 1.29 is 23.5 Å². The number of aromatic nitrogens is 6. The quantitative estimate of drug-likeness (QED) is 0.200. The van der Waals surface area contributed by atoms with Gasteiger partial charge in [-0.1, -0.05) is 36.4 Å². The second-order valence-electron chi connectivity index (χ2n) is 11.0. The molecule has 0 saturated heterocycles. The van der Waals surface area contributed by atoms with Crippen molar-refractivity contribution in [2.45, 2.75) is 25.7 Å². The molecule has 0 fully saturated rings. The summed E-state index contributed by atoms with van der Waals surface area (Å²) in [5.74, 6) is -0.463. The average Bonchev–Trinajstić information content (AvgIpc) is 3.74. The van der Waals surface area contributed by atoms with Gasteiger partial charge in [0, 0.05) is 38.9 Å². The number of halogens is 2. The van der Waals surface area contributed by atoms with E-state index in [0.29, 0.717) is 54.3 Å². The van der Waals surface area contributed by atoms with Gasteiger partial charge >= 0.3 is 5.97 Å². The van der Waals surface area contributed by atoms with E-state index >= 15 is 0 Å². The first-order valence-corrected chi connectivity index (χ1v) is 15.1. The molecule has 12 heteroatoms. The van der Waals surface area contributed by atoms with Crippen LogP contribution in [0.2, 0.25) is 0 Å². The lowest BCUT2D eigenvalue weighted by atomic mass is 10.1. The van der Waals surface area contributed by atoms with Crippen LogP contribution in [0.5, 0.6) is 0 Å². The number of aromatic carboxylic acids is 1. The Labute approximate surface area is 276 Å². The van der Waals surface area contributed by atoms with Crippen LogP contribution in [0.25, 0.3) is 11.6 Å². The highest BCUT2D eigenvalue weighted by Crippen LogP contribution is 2.17. The Morgan fingerprint density at radius 1 is 0.646 bits per heavy atom. The smallest absolute Gasteiger partial charge is 0.339 e. The summed E-state index contributed by atoms with van der Waals surface area (Å²) < 4.78 is 29.0. The Morgan fingerprint density at radius 3 is 1.48 bits per heavy atom. The van der Waals surface area contributed by atoms with Crippen molar-refractivity contribution in [1.29, 1.82) is 0 Å². The molecule has 4 heterocycles.